The Morgan fingerprint density at radius 1 is 1.25 bits per heavy atom. The first-order valence-electron chi connectivity index (χ1n) is 8.12. The van der Waals surface area contributed by atoms with Crippen molar-refractivity contribution in [1.29, 1.82) is 0 Å². The molecule has 2 aromatic rings. The molecule has 2 rings (SSSR count). The van der Waals surface area contributed by atoms with Crippen molar-refractivity contribution in [1.82, 2.24) is 10.3 Å². The molecule has 128 valence electrons. The summed E-state index contributed by atoms with van der Waals surface area (Å²) >= 11 is 0. The summed E-state index contributed by atoms with van der Waals surface area (Å²) in [7, 11) is 0. The Hall–Kier alpha value is -2.40. The molecule has 0 spiro atoms. The van der Waals surface area contributed by atoms with Crippen LogP contribution in [0, 0.1) is 5.92 Å². The van der Waals surface area contributed by atoms with Gasteiger partial charge in [-0.15, -0.1) is 0 Å². The number of ether oxygens (including phenoxy) is 1. The highest BCUT2D eigenvalue weighted by Crippen LogP contribution is 2.21. The van der Waals surface area contributed by atoms with Crippen LogP contribution < -0.4 is 15.8 Å². The smallest absolute Gasteiger partial charge is 0.251 e. The summed E-state index contributed by atoms with van der Waals surface area (Å²) < 4.78 is 5.67. The van der Waals surface area contributed by atoms with Crippen molar-refractivity contribution in [2.45, 2.75) is 32.7 Å². The van der Waals surface area contributed by atoms with Crippen molar-refractivity contribution >= 4 is 5.91 Å². The molecule has 24 heavy (non-hydrogen) atoms. The Kier molecular flexibility index (Phi) is 5.93. The Balaban J connectivity index is 2.03. The second kappa shape index (κ2) is 7.93. The lowest BCUT2D eigenvalue weighted by Crippen LogP contribution is -2.52. The number of nitrogens with one attached hydrogen (secondary N) is 1. The largest absolute Gasteiger partial charge is 0.456 e. The van der Waals surface area contributed by atoms with Gasteiger partial charge in [0.15, 0.2) is 0 Å². The molecule has 0 saturated carbocycles. The lowest BCUT2D eigenvalue weighted by molar-refractivity contribution is 0.0898. The van der Waals surface area contributed by atoms with Crippen LogP contribution in [0.25, 0.3) is 0 Å². The molecule has 1 aromatic carbocycles. The van der Waals surface area contributed by atoms with Crippen molar-refractivity contribution in [2.24, 2.45) is 11.7 Å². The van der Waals surface area contributed by atoms with E-state index >= 15 is 0 Å². The maximum absolute atomic E-state index is 12.5. The fourth-order valence-electron chi connectivity index (χ4n) is 2.65. The van der Waals surface area contributed by atoms with Gasteiger partial charge in [-0.1, -0.05) is 13.8 Å². The van der Waals surface area contributed by atoms with Crippen molar-refractivity contribution in [3.63, 3.8) is 0 Å². The van der Waals surface area contributed by atoms with E-state index in [1.54, 1.807) is 42.7 Å². The Morgan fingerprint density at radius 3 is 2.50 bits per heavy atom. The third kappa shape index (κ3) is 5.06. The molecule has 1 aromatic heterocycles. The molecule has 0 bridgehead atoms. The second-order valence-corrected chi connectivity index (χ2v) is 6.63. The lowest BCUT2D eigenvalue weighted by atomic mass is 9.90. The van der Waals surface area contributed by atoms with Gasteiger partial charge in [-0.3, -0.25) is 9.78 Å². The molecule has 0 aliphatic carbocycles. The van der Waals surface area contributed by atoms with E-state index in [1.807, 2.05) is 13.0 Å². The van der Waals surface area contributed by atoms with Gasteiger partial charge < -0.3 is 15.8 Å². The van der Waals surface area contributed by atoms with Crippen LogP contribution in [0.2, 0.25) is 0 Å². The van der Waals surface area contributed by atoms with Gasteiger partial charge in [0.1, 0.15) is 11.5 Å². The van der Waals surface area contributed by atoms with Gasteiger partial charge >= 0.3 is 0 Å². The van der Waals surface area contributed by atoms with E-state index < -0.39 is 5.54 Å². The Morgan fingerprint density at radius 2 is 1.96 bits per heavy atom. The molecule has 0 radical (unpaired) electrons. The van der Waals surface area contributed by atoms with Crippen molar-refractivity contribution in [3.8, 4) is 11.5 Å². The molecule has 1 amide bonds. The van der Waals surface area contributed by atoms with Crippen molar-refractivity contribution in [2.75, 3.05) is 6.54 Å². The highest BCUT2D eigenvalue weighted by molar-refractivity contribution is 5.94. The number of rotatable bonds is 7. The van der Waals surface area contributed by atoms with Gasteiger partial charge in [-0.25, -0.2) is 0 Å². The van der Waals surface area contributed by atoms with Gasteiger partial charge in [0.2, 0.25) is 0 Å². The highest BCUT2D eigenvalue weighted by Gasteiger charge is 2.26. The minimum absolute atomic E-state index is 0.128. The van der Waals surface area contributed by atoms with Crippen LogP contribution >= 0.6 is 0 Å². The third-order valence-corrected chi connectivity index (χ3v) is 3.71. The summed E-state index contributed by atoms with van der Waals surface area (Å²) in [6.07, 6.45) is 4.16. The maximum Gasteiger partial charge on any atom is 0.251 e. The van der Waals surface area contributed by atoms with Gasteiger partial charge in [-0.2, -0.15) is 0 Å². The zero-order chi connectivity index (χ0) is 17.6. The van der Waals surface area contributed by atoms with Crippen LogP contribution in [0.3, 0.4) is 0 Å². The number of nitrogens with zero attached hydrogens (tertiary/aromatic N) is 1. The average Bonchev–Trinajstić information content (AvgIpc) is 2.55. The van der Waals surface area contributed by atoms with E-state index in [0.717, 1.165) is 6.42 Å². The standard InChI is InChI=1S/C19H25N3O2/c1-14(2)11-19(3,13-20)22-18(23)15-6-8-16(9-7-15)24-17-5-4-10-21-12-17/h4-10,12,14H,11,13,20H2,1-3H3,(H,22,23). The fraction of sp³-hybridized carbons (Fsp3) is 0.368. The summed E-state index contributed by atoms with van der Waals surface area (Å²) in [5.74, 6) is 1.64. The number of aromatic nitrogens is 1. The van der Waals surface area contributed by atoms with Gasteiger partial charge in [0.25, 0.3) is 5.91 Å². The molecule has 0 aliphatic rings. The maximum atomic E-state index is 12.5. The van der Waals surface area contributed by atoms with E-state index in [2.05, 4.69) is 24.1 Å². The molecule has 5 heteroatoms. The average molecular weight is 327 g/mol. The first-order valence-corrected chi connectivity index (χ1v) is 8.12. The fourth-order valence-corrected chi connectivity index (χ4v) is 2.65. The molecule has 1 atom stereocenters. The summed E-state index contributed by atoms with van der Waals surface area (Å²) in [6, 6.07) is 10.7. The lowest BCUT2D eigenvalue weighted by Gasteiger charge is -2.31. The number of nitrogens with two attached hydrogens (primary N) is 1. The Labute approximate surface area is 143 Å². The molecule has 5 nitrogen and oxygen atoms in total. The van der Waals surface area contributed by atoms with Crippen molar-refractivity contribution in [3.05, 3.63) is 54.4 Å². The van der Waals surface area contributed by atoms with Crippen LogP contribution in [0.4, 0.5) is 0 Å². The van der Waals surface area contributed by atoms with Gasteiger partial charge in [0.05, 0.1) is 6.20 Å². The molecule has 0 aliphatic heterocycles. The van der Waals surface area contributed by atoms with Crippen molar-refractivity contribution < 1.29 is 9.53 Å². The number of hydrogen-bond donors (Lipinski definition) is 2. The van der Waals surface area contributed by atoms with Crippen LogP contribution in [0.5, 0.6) is 11.5 Å². The summed E-state index contributed by atoms with van der Waals surface area (Å²) in [6.45, 7) is 6.61. The monoisotopic (exact) mass is 327 g/mol. The van der Waals surface area contributed by atoms with Crippen LogP contribution in [0.15, 0.2) is 48.8 Å². The molecular formula is C19H25N3O2. The number of amides is 1. The van der Waals surface area contributed by atoms with Crippen LogP contribution in [-0.2, 0) is 0 Å². The van der Waals surface area contributed by atoms with Gasteiger partial charge in [-0.05, 0) is 55.7 Å². The first-order chi connectivity index (χ1) is 11.4. The molecule has 0 saturated heterocycles. The van der Waals surface area contributed by atoms with E-state index in [0.29, 0.717) is 29.5 Å². The Bertz CT molecular complexity index is 656. The van der Waals surface area contributed by atoms with Crippen LogP contribution in [-0.4, -0.2) is 23.0 Å². The molecule has 3 N–H and O–H groups in total. The topological polar surface area (TPSA) is 77.2 Å². The second-order valence-electron chi connectivity index (χ2n) is 6.63. The molecule has 0 fully saturated rings. The quantitative estimate of drug-likeness (QED) is 0.817. The minimum Gasteiger partial charge on any atom is -0.456 e. The SMILES string of the molecule is CC(C)CC(C)(CN)NC(=O)c1ccc(Oc2cccnc2)cc1. The zero-order valence-electron chi connectivity index (χ0n) is 14.5. The number of carbonyl (C=O) groups is 1. The zero-order valence-corrected chi connectivity index (χ0v) is 14.5. The highest BCUT2D eigenvalue weighted by atomic mass is 16.5. The van der Waals surface area contributed by atoms with E-state index in [-0.39, 0.29) is 5.91 Å². The van der Waals surface area contributed by atoms with E-state index in [4.69, 9.17) is 10.5 Å². The minimum atomic E-state index is -0.407. The van der Waals surface area contributed by atoms with E-state index in [1.165, 1.54) is 0 Å². The number of pyridine rings is 1. The third-order valence-electron chi connectivity index (χ3n) is 3.71. The van der Waals surface area contributed by atoms with E-state index in [9.17, 15) is 4.79 Å². The number of benzene rings is 1. The number of carbonyl (C=O) groups excluding carboxylic acids is 1. The molecular weight excluding hydrogens is 302 g/mol. The number of hydrogen-bond acceptors (Lipinski definition) is 4. The predicted octanol–water partition coefficient (Wildman–Crippen LogP) is 3.37. The normalized spacial score (nSPS) is 13.4. The van der Waals surface area contributed by atoms with Gasteiger partial charge in [0, 0.05) is 23.8 Å². The molecule has 1 unspecified atom stereocenters. The predicted molar refractivity (Wildman–Crippen MR) is 95.1 cm³/mol. The van der Waals surface area contributed by atoms with Crippen LogP contribution in [0.1, 0.15) is 37.6 Å². The summed E-state index contributed by atoms with van der Waals surface area (Å²) in [5, 5.41) is 3.05. The molecule has 1 heterocycles. The summed E-state index contributed by atoms with van der Waals surface area (Å²) in [4.78, 5) is 16.5. The summed E-state index contributed by atoms with van der Waals surface area (Å²) in [5.41, 5.74) is 6.03. The first kappa shape index (κ1) is 17.9.